The Balaban J connectivity index is 3.06. The molecule has 0 bridgehead atoms. The van der Waals surface area contributed by atoms with E-state index in [1.165, 1.54) is 0 Å². The molecule has 56 valence electrons. The van der Waals surface area contributed by atoms with E-state index >= 15 is 0 Å². The fourth-order valence-corrected chi connectivity index (χ4v) is 0.865. The predicted octanol–water partition coefficient (Wildman–Crippen LogP) is 0.422. The first-order valence-corrected chi connectivity index (χ1v) is 3.94. The summed E-state index contributed by atoms with van der Waals surface area (Å²) in [5.41, 5.74) is 0. The van der Waals surface area contributed by atoms with E-state index in [9.17, 15) is 4.57 Å². The van der Waals surface area contributed by atoms with Crippen LogP contribution in [0.15, 0.2) is 0 Å². The summed E-state index contributed by atoms with van der Waals surface area (Å²) in [6.07, 6.45) is 0. The lowest BCUT2D eigenvalue weighted by molar-refractivity contribution is 0.177. The molecule has 0 aromatic rings. The van der Waals surface area contributed by atoms with Crippen molar-refractivity contribution < 1.29 is 18.7 Å². The van der Waals surface area contributed by atoms with Gasteiger partial charge in [-0.3, -0.25) is 4.57 Å². The van der Waals surface area contributed by atoms with Crippen LogP contribution in [-0.4, -0.2) is 24.9 Å². The standard InChI is InChI=1S/C4H11O4P/c1-2-7-9(6)8-4-3-5/h5,9H,2-4H2,1H3. The fraction of sp³-hybridized carbons (Fsp3) is 1.00. The van der Waals surface area contributed by atoms with Crippen molar-refractivity contribution in [1.82, 2.24) is 0 Å². The van der Waals surface area contributed by atoms with E-state index in [1.54, 1.807) is 6.92 Å². The van der Waals surface area contributed by atoms with Crippen molar-refractivity contribution in [1.29, 1.82) is 0 Å². The lowest BCUT2D eigenvalue weighted by Crippen LogP contribution is -1.92. The average Bonchev–Trinajstić information content (AvgIpc) is 1.85. The van der Waals surface area contributed by atoms with E-state index in [1.807, 2.05) is 0 Å². The second-order valence-corrected chi connectivity index (χ2v) is 2.33. The highest BCUT2D eigenvalue weighted by atomic mass is 31.1. The minimum absolute atomic E-state index is 0.0811. The van der Waals surface area contributed by atoms with Crippen LogP contribution < -0.4 is 0 Å². The quantitative estimate of drug-likeness (QED) is 0.583. The fourth-order valence-electron chi connectivity index (χ4n) is 0.288. The highest BCUT2D eigenvalue weighted by Crippen LogP contribution is 2.21. The van der Waals surface area contributed by atoms with Crippen LogP contribution >= 0.6 is 8.25 Å². The molecule has 0 rings (SSSR count). The second kappa shape index (κ2) is 6.23. The number of hydrogen-bond acceptors (Lipinski definition) is 4. The van der Waals surface area contributed by atoms with Gasteiger partial charge < -0.3 is 14.2 Å². The maximum atomic E-state index is 10.4. The summed E-state index contributed by atoms with van der Waals surface area (Å²) < 4.78 is 19.5. The van der Waals surface area contributed by atoms with E-state index in [0.717, 1.165) is 0 Å². The molecule has 9 heavy (non-hydrogen) atoms. The maximum Gasteiger partial charge on any atom is 0.319 e. The highest BCUT2D eigenvalue weighted by molar-refractivity contribution is 7.33. The van der Waals surface area contributed by atoms with Crippen LogP contribution in [0.1, 0.15) is 6.92 Å². The topological polar surface area (TPSA) is 55.8 Å². The van der Waals surface area contributed by atoms with Crippen LogP contribution in [0.4, 0.5) is 0 Å². The van der Waals surface area contributed by atoms with Crippen molar-refractivity contribution in [2.45, 2.75) is 6.92 Å². The molecule has 0 spiro atoms. The molecule has 0 aliphatic rings. The largest absolute Gasteiger partial charge is 0.394 e. The molecule has 0 aromatic carbocycles. The first-order valence-electron chi connectivity index (χ1n) is 2.71. The minimum Gasteiger partial charge on any atom is -0.394 e. The SMILES string of the molecule is CCO[PH](=O)OCCO. The summed E-state index contributed by atoms with van der Waals surface area (Å²) in [6, 6.07) is 0. The lowest BCUT2D eigenvalue weighted by atomic mass is 10.8. The van der Waals surface area contributed by atoms with Gasteiger partial charge in [0, 0.05) is 0 Å². The van der Waals surface area contributed by atoms with Gasteiger partial charge in [0.2, 0.25) is 0 Å². The van der Waals surface area contributed by atoms with Crippen LogP contribution in [0.5, 0.6) is 0 Å². The Morgan fingerprint density at radius 2 is 2.22 bits per heavy atom. The molecule has 0 amide bonds. The Hall–Kier alpha value is 0.110. The highest BCUT2D eigenvalue weighted by Gasteiger charge is 1.94. The van der Waals surface area contributed by atoms with Crippen molar-refractivity contribution in [3.8, 4) is 0 Å². The summed E-state index contributed by atoms with van der Waals surface area (Å²) >= 11 is 0. The molecule has 0 saturated carbocycles. The molecule has 1 N–H and O–H groups in total. The van der Waals surface area contributed by atoms with Crippen molar-refractivity contribution in [3.63, 3.8) is 0 Å². The van der Waals surface area contributed by atoms with E-state index in [2.05, 4.69) is 9.05 Å². The van der Waals surface area contributed by atoms with Crippen molar-refractivity contribution >= 4 is 8.25 Å². The number of rotatable bonds is 5. The Kier molecular flexibility index (Phi) is 6.31. The first kappa shape index (κ1) is 9.11. The van der Waals surface area contributed by atoms with Crippen LogP contribution in [0.3, 0.4) is 0 Å². The average molecular weight is 154 g/mol. The molecule has 0 fully saturated rings. The normalized spacial score (nSPS) is 13.6. The zero-order valence-electron chi connectivity index (χ0n) is 5.29. The zero-order valence-corrected chi connectivity index (χ0v) is 6.29. The van der Waals surface area contributed by atoms with Crippen LogP contribution in [0.2, 0.25) is 0 Å². The van der Waals surface area contributed by atoms with Gasteiger partial charge in [-0.05, 0) is 6.92 Å². The summed E-state index contributed by atoms with van der Waals surface area (Å²) in [5.74, 6) is 0. The van der Waals surface area contributed by atoms with Gasteiger partial charge in [0.05, 0.1) is 19.8 Å². The lowest BCUT2D eigenvalue weighted by Gasteiger charge is -1.99. The monoisotopic (exact) mass is 154 g/mol. The third-order valence-electron chi connectivity index (χ3n) is 0.573. The van der Waals surface area contributed by atoms with Crippen molar-refractivity contribution in [3.05, 3.63) is 0 Å². The predicted molar refractivity (Wildman–Crippen MR) is 33.7 cm³/mol. The molecule has 4 nitrogen and oxygen atoms in total. The van der Waals surface area contributed by atoms with Crippen molar-refractivity contribution in [2.24, 2.45) is 0 Å². The van der Waals surface area contributed by atoms with E-state index in [-0.39, 0.29) is 13.2 Å². The smallest absolute Gasteiger partial charge is 0.319 e. The zero-order chi connectivity index (χ0) is 7.11. The molecular formula is C4H11O4P. The van der Waals surface area contributed by atoms with Crippen molar-refractivity contribution in [2.75, 3.05) is 19.8 Å². The van der Waals surface area contributed by atoms with Gasteiger partial charge in [0.25, 0.3) is 0 Å². The minimum atomic E-state index is -2.31. The molecule has 0 aliphatic carbocycles. The molecular weight excluding hydrogens is 143 g/mol. The summed E-state index contributed by atoms with van der Waals surface area (Å²) in [4.78, 5) is 0. The Morgan fingerprint density at radius 3 is 2.67 bits per heavy atom. The van der Waals surface area contributed by atoms with E-state index in [0.29, 0.717) is 6.61 Å². The van der Waals surface area contributed by atoms with Gasteiger partial charge in [-0.1, -0.05) is 0 Å². The molecule has 0 saturated heterocycles. The van der Waals surface area contributed by atoms with Gasteiger partial charge in [-0.15, -0.1) is 0 Å². The van der Waals surface area contributed by atoms with E-state index in [4.69, 9.17) is 5.11 Å². The number of hydrogen-bond donors (Lipinski definition) is 1. The van der Waals surface area contributed by atoms with Gasteiger partial charge >= 0.3 is 8.25 Å². The Bertz CT molecular complexity index is 84.6. The van der Waals surface area contributed by atoms with Gasteiger partial charge in [-0.2, -0.15) is 0 Å². The van der Waals surface area contributed by atoms with Gasteiger partial charge in [0.15, 0.2) is 0 Å². The molecule has 0 radical (unpaired) electrons. The Labute approximate surface area is 54.7 Å². The second-order valence-electron chi connectivity index (χ2n) is 1.26. The van der Waals surface area contributed by atoms with Crippen LogP contribution in [0.25, 0.3) is 0 Å². The molecule has 0 aliphatic heterocycles. The maximum absolute atomic E-state index is 10.4. The number of aliphatic hydroxyl groups is 1. The van der Waals surface area contributed by atoms with Gasteiger partial charge in [0.1, 0.15) is 0 Å². The summed E-state index contributed by atoms with van der Waals surface area (Å²) in [7, 11) is -2.31. The third kappa shape index (κ3) is 5.99. The molecule has 0 aromatic heterocycles. The molecule has 5 heteroatoms. The molecule has 0 heterocycles. The van der Waals surface area contributed by atoms with Crippen LogP contribution in [-0.2, 0) is 13.6 Å². The number of aliphatic hydroxyl groups excluding tert-OH is 1. The Morgan fingerprint density at radius 1 is 1.56 bits per heavy atom. The first-order chi connectivity index (χ1) is 4.31. The summed E-state index contributed by atoms with van der Waals surface area (Å²) in [6.45, 7) is 2.06. The third-order valence-corrected chi connectivity index (χ3v) is 1.54. The van der Waals surface area contributed by atoms with E-state index < -0.39 is 8.25 Å². The summed E-state index contributed by atoms with van der Waals surface area (Å²) in [5, 5.41) is 8.18. The van der Waals surface area contributed by atoms with Gasteiger partial charge in [-0.25, -0.2) is 0 Å². The molecule has 1 atom stereocenters. The molecule has 1 unspecified atom stereocenters. The van der Waals surface area contributed by atoms with Crippen LogP contribution in [0, 0.1) is 0 Å².